The van der Waals surface area contributed by atoms with E-state index in [1.165, 1.54) is 7.11 Å². The second kappa shape index (κ2) is 3.60. The van der Waals surface area contributed by atoms with E-state index in [-0.39, 0.29) is 5.97 Å². The first-order chi connectivity index (χ1) is 8.53. The molecule has 1 aromatic rings. The van der Waals surface area contributed by atoms with Crippen LogP contribution < -0.4 is 5.32 Å². The summed E-state index contributed by atoms with van der Waals surface area (Å²) in [6.45, 7) is 4.00. The number of carbonyl (C=O) groups excluding carboxylic acids is 1. The predicted octanol–water partition coefficient (Wildman–Crippen LogP) is 1.84. The second-order valence-electron chi connectivity index (χ2n) is 5.24. The van der Waals surface area contributed by atoms with Gasteiger partial charge < -0.3 is 15.0 Å². The Bertz CT molecular complexity index is 542. The van der Waals surface area contributed by atoms with Gasteiger partial charge in [0.15, 0.2) is 5.71 Å². The van der Waals surface area contributed by atoms with Crippen molar-refractivity contribution in [1.29, 1.82) is 0 Å². The minimum Gasteiger partial charge on any atom is -0.464 e. The smallest absolute Gasteiger partial charge is 0.357 e. The highest BCUT2D eigenvalue weighted by atomic mass is 16.5. The van der Waals surface area contributed by atoms with Gasteiger partial charge in [0.25, 0.3) is 0 Å². The molecule has 3 rings (SSSR count). The summed E-state index contributed by atoms with van der Waals surface area (Å²) in [5.74, 6) is 0.995. The molecule has 0 aromatic carbocycles. The third-order valence-corrected chi connectivity index (χ3v) is 3.68. The number of H-pyrrole nitrogens is 1. The van der Waals surface area contributed by atoms with Crippen molar-refractivity contribution >= 4 is 17.5 Å². The number of hydrogen-bond donors (Lipinski definition) is 2. The van der Waals surface area contributed by atoms with Crippen LogP contribution in [0, 0.1) is 12.8 Å². The molecule has 96 valence electrons. The summed E-state index contributed by atoms with van der Waals surface area (Å²) in [7, 11) is 1.39. The molecule has 1 aromatic heterocycles. The number of nitrogens with zero attached hydrogens (tertiary/aromatic N) is 1. The highest BCUT2D eigenvalue weighted by Crippen LogP contribution is 2.44. The van der Waals surface area contributed by atoms with Gasteiger partial charge in [-0.2, -0.15) is 0 Å². The summed E-state index contributed by atoms with van der Waals surface area (Å²) >= 11 is 0. The maximum Gasteiger partial charge on any atom is 0.357 e. The summed E-state index contributed by atoms with van der Waals surface area (Å²) in [4.78, 5) is 19.7. The van der Waals surface area contributed by atoms with Gasteiger partial charge in [0.05, 0.1) is 7.11 Å². The molecule has 5 nitrogen and oxygen atoms in total. The fourth-order valence-electron chi connectivity index (χ4n) is 2.54. The molecule has 1 aliphatic heterocycles. The largest absolute Gasteiger partial charge is 0.464 e. The van der Waals surface area contributed by atoms with Crippen molar-refractivity contribution in [1.82, 2.24) is 4.98 Å². The van der Waals surface area contributed by atoms with E-state index in [2.05, 4.69) is 15.3 Å². The molecule has 1 fully saturated rings. The number of aromatic nitrogens is 1. The highest BCUT2D eigenvalue weighted by molar-refractivity contribution is 6.44. The Kier molecular flexibility index (Phi) is 2.27. The molecule has 18 heavy (non-hydrogen) atoms. The maximum atomic E-state index is 11.9. The summed E-state index contributed by atoms with van der Waals surface area (Å²) in [6, 6.07) is 1.92. The average molecular weight is 247 g/mol. The molecule has 0 spiro atoms. The van der Waals surface area contributed by atoms with Crippen molar-refractivity contribution in [2.45, 2.75) is 32.4 Å². The Morgan fingerprint density at radius 2 is 2.28 bits per heavy atom. The van der Waals surface area contributed by atoms with Crippen molar-refractivity contribution in [3.05, 3.63) is 17.3 Å². The number of hydrogen-bond acceptors (Lipinski definition) is 4. The van der Waals surface area contributed by atoms with Gasteiger partial charge in [-0.3, -0.25) is 0 Å². The lowest BCUT2D eigenvalue weighted by molar-refractivity contribution is -0.132. The molecule has 5 heteroatoms. The number of ether oxygens (including phenoxy) is 1. The zero-order chi connectivity index (χ0) is 12.9. The molecule has 0 saturated heterocycles. The molecule has 2 aliphatic rings. The Morgan fingerprint density at radius 1 is 1.56 bits per heavy atom. The molecule has 2 heterocycles. The number of aliphatic imine (C=N–C) groups is 1. The Labute approximate surface area is 106 Å². The zero-order valence-corrected chi connectivity index (χ0v) is 10.8. The van der Waals surface area contributed by atoms with Crippen LogP contribution >= 0.6 is 0 Å². The van der Waals surface area contributed by atoms with Crippen LogP contribution in [-0.2, 0) is 9.53 Å². The number of carbonyl (C=O) groups is 1. The highest BCUT2D eigenvalue weighted by Gasteiger charge is 2.45. The first-order valence-electron chi connectivity index (χ1n) is 6.20. The number of anilines is 1. The molecule has 1 unspecified atom stereocenters. The van der Waals surface area contributed by atoms with Gasteiger partial charge >= 0.3 is 5.97 Å². The van der Waals surface area contributed by atoms with E-state index < -0.39 is 5.66 Å². The SMILES string of the molecule is COC(=O)C1=NC(C)(C2CC2)Nc2[nH]c(C)cc21. The zero-order valence-electron chi connectivity index (χ0n) is 10.8. The molecular formula is C13H17N3O2. The lowest BCUT2D eigenvalue weighted by Crippen LogP contribution is -2.41. The first kappa shape index (κ1) is 11.3. The van der Waals surface area contributed by atoms with Gasteiger partial charge in [0.1, 0.15) is 11.5 Å². The number of fused-ring (bicyclic) bond motifs is 1. The van der Waals surface area contributed by atoms with Crippen LogP contribution in [0.1, 0.15) is 31.0 Å². The van der Waals surface area contributed by atoms with Gasteiger partial charge in [-0.15, -0.1) is 0 Å². The number of aryl methyl sites for hydroxylation is 1. The van der Waals surface area contributed by atoms with Crippen LogP contribution in [0.5, 0.6) is 0 Å². The number of methoxy groups -OCH3 is 1. The summed E-state index contributed by atoms with van der Waals surface area (Å²) < 4.78 is 4.84. The van der Waals surface area contributed by atoms with Crippen LogP contribution in [0.2, 0.25) is 0 Å². The quantitative estimate of drug-likeness (QED) is 0.784. The summed E-state index contributed by atoms with van der Waals surface area (Å²) in [6.07, 6.45) is 2.30. The standard InChI is InChI=1S/C13H17N3O2/c1-7-6-9-10(12(17)18-3)15-13(2,8-4-5-8)16-11(9)14-7/h6,8,14,16H,4-5H2,1-3H3. The maximum absolute atomic E-state index is 11.9. The van der Waals surface area contributed by atoms with E-state index in [0.717, 1.165) is 29.9 Å². The van der Waals surface area contributed by atoms with Gasteiger partial charge in [-0.25, -0.2) is 9.79 Å². The van der Waals surface area contributed by atoms with Crippen molar-refractivity contribution < 1.29 is 9.53 Å². The predicted molar refractivity (Wildman–Crippen MR) is 68.8 cm³/mol. The topological polar surface area (TPSA) is 66.5 Å². The Morgan fingerprint density at radius 3 is 2.89 bits per heavy atom. The molecule has 2 N–H and O–H groups in total. The minimum atomic E-state index is -0.395. The number of nitrogens with one attached hydrogen (secondary N) is 2. The molecule has 1 aliphatic carbocycles. The Hall–Kier alpha value is -1.78. The van der Waals surface area contributed by atoms with Crippen LogP contribution in [0.25, 0.3) is 0 Å². The molecule has 0 bridgehead atoms. The summed E-state index contributed by atoms with van der Waals surface area (Å²) in [5.41, 5.74) is 1.83. The van der Waals surface area contributed by atoms with Crippen molar-refractivity contribution in [3.8, 4) is 0 Å². The van der Waals surface area contributed by atoms with Crippen LogP contribution in [0.3, 0.4) is 0 Å². The van der Waals surface area contributed by atoms with Crippen LogP contribution in [0.4, 0.5) is 5.82 Å². The van der Waals surface area contributed by atoms with Crippen molar-refractivity contribution in [2.75, 3.05) is 12.4 Å². The van der Waals surface area contributed by atoms with Gasteiger partial charge in [0, 0.05) is 17.2 Å². The average Bonchev–Trinajstić information content (AvgIpc) is 3.11. The monoisotopic (exact) mass is 247 g/mol. The number of esters is 1. The molecule has 0 radical (unpaired) electrons. The van der Waals surface area contributed by atoms with E-state index in [4.69, 9.17) is 4.74 Å². The number of rotatable bonds is 2. The number of aromatic amines is 1. The van der Waals surface area contributed by atoms with Gasteiger partial charge in [-0.1, -0.05) is 0 Å². The van der Waals surface area contributed by atoms with E-state index in [1.807, 2.05) is 19.9 Å². The van der Waals surface area contributed by atoms with Gasteiger partial charge in [-0.05, 0) is 32.8 Å². The Balaban J connectivity index is 2.09. The molecule has 0 amide bonds. The second-order valence-corrected chi connectivity index (χ2v) is 5.24. The first-order valence-corrected chi connectivity index (χ1v) is 6.20. The van der Waals surface area contributed by atoms with Crippen LogP contribution in [0.15, 0.2) is 11.1 Å². The fourth-order valence-corrected chi connectivity index (χ4v) is 2.54. The normalized spacial score (nSPS) is 26.1. The molecule has 1 atom stereocenters. The third-order valence-electron chi connectivity index (χ3n) is 3.68. The third kappa shape index (κ3) is 1.62. The lowest BCUT2D eigenvalue weighted by Gasteiger charge is -2.32. The van der Waals surface area contributed by atoms with E-state index in [0.29, 0.717) is 11.6 Å². The fraction of sp³-hybridized carbons (Fsp3) is 0.538. The van der Waals surface area contributed by atoms with Crippen molar-refractivity contribution in [2.24, 2.45) is 10.9 Å². The summed E-state index contributed by atoms with van der Waals surface area (Å²) in [5, 5.41) is 3.41. The van der Waals surface area contributed by atoms with E-state index in [1.54, 1.807) is 0 Å². The van der Waals surface area contributed by atoms with Crippen LogP contribution in [-0.4, -0.2) is 29.4 Å². The minimum absolute atomic E-state index is 0.372. The molecule has 1 saturated carbocycles. The molecular weight excluding hydrogens is 230 g/mol. The van der Waals surface area contributed by atoms with Crippen molar-refractivity contribution in [3.63, 3.8) is 0 Å². The lowest BCUT2D eigenvalue weighted by atomic mass is 10.0. The van der Waals surface area contributed by atoms with E-state index in [9.17, 15) is 4.79 Å². The van der Waals surface area contributed by atoms with Gasteiger partial charge in [0.2, 0.25) is 0 Å². The van der Waals surface area contributed by atoms with E-state index >= 15 is 0 Å².